The maximum absolute atomic E-state index is 4.39. The molecule has 1 unspecified atom stereocenters. The van der Waals surface area contributed by atoms with Gasteiger partial charge in [-0.05, 0) is 25.8 Å². The summed E-state index contributed by atoms with van der Waals surface area (Å²) in [4.78, 5) is 4.39. The summed E-state index contributed by atoms with van der Waals surface area (Å²) in [6.07, 6.45) is 9.04. The average molecular weight is 207 g/mol. The molecule has 3 heteroatoms. The van der Waals surface area contributed by atoms with Crippen molar-refractivity contribution >= 4 is 0 Å². The lowest BCUT2D eigenvalue weighted by atomic mass is 10.1. The molecule has 1 rings (SSSR count). The summed E-state index contributed by atoms with van der Waals surface area (Å²) >= 11 is 0. The van der Waals surface area contributed by atoms with Gasteiger partial charge in [-0.1, -0.05) is 13.0 Å². The summed E-state index contributed by atoms with van der Waals surface area (Å²) in [6, 6.07) is 0.350. The number of allylic oxidation sites excluding steroid dienone is 1. The molecule has 0 fully saturated rings. The van der Waals surface area contributed by atoms with Gasteiger partial charge in [0.05, 0.1) is 6.04 Å². The number of nitrogens with one attached hydrogen (secondary N) is 1. The largest absolute Gasteiger partial charge is 0.337 e. The molecule has 0 saturated carbocycles. The molecule has 15 heavy (non-hydrogen) atoms. The number of nitrogens with zero attached hydrogens (tertiary/aromatic N) is 2. The molecule has 0 saturated heterocycles. The van der Waals surface area contributed by atoms with Crippen LogP contribution in [0.4, 0.5) is 0 Å². The Kier molecular flexibility index (Phi) is 5.12. The zero-order chi connectivity index (χ0) is 11.1. The topological polar surface area (TPSA) is 29.9 Å². The molecule has 0 aromatic carbocycles. The standard InChI is InChI=1S/C12H21N3/c1-4-6-7-11(13-8-5-2)12-14-9-10-15(12)3/h4,9-11,13H,1,5-8H2,2-3H3. The van der Waals surface area contributed by atoms with E-state index in [9.17, 15) is 0 Å². The third kappa shape index (κ3) is 3.51. The van der Waals surface area contributed by atoms with Crippen LogP contribution in [0, 0.1) is 0 Å². The van der Waals surface area contributed by atoms with E-state index in [0.29, 0.717) is 6.04 Å². The minimum absolute atomic E-state index is 0.350. The number of aryl methyl sites for hydroxylation is 1. The van der Waals surface area contributed by atoms with Crippen LogP contribution in [0.2, 0.25) is 0 Å². The highest BCUT2D eigenvalue weighted by molar-refractivity contribution is 4.99. The average Bonchev–Trinajstić information content (AvgIpc) is 2.65. The van der Waals surface area contributed by atoms with Gasteiger partial charge in [-0.25, -0.2) is 4.98 Å². The van der Waals surface area contributed by atoms with Crippen LogP contribution in [0.3, 0.4) is 0 Å². The molecular formula is C12H21N3. The Morgan fingerprint density at radius 1 is 1.67 bits per heavy atom. The van der Waals surface area contributed by atoms with E-state index in [1.54, 1.807) is 0 Å². The van der Waals surface area contributed by atoms with Crippen LogP contribution in [0.1, 0.15) is 38.1 Å². The van der Waals surface area contributed by atoms with Gasteiger partial charge in [-0.3, -0.25) is 0 Å². The molecule has 0 aliphatic carbocycles. The lowest BCUT2D eigenvalue weighted by Gasteiger charge is -2.17. The second-order valence-electron chi connectivity index (χ2n) is 3.77. The molecule has 0 bridgehead atoms. The Balaban J connectivity index is 2.62. The Morgan fingerprint density at radius 3 is 3.00 bits per heavy atom. The zero-order valence-electron chi connectivity index (χ0n) is 9.74. The van der Waals surface area contributed by atoms with Crippen LogP contribution in [0.5, 0.6) is 0 Å². The van der Waals surface area contributed by atoms with Crippen LogP contribution in [-0.2, 0) is 7.05 Å². The molecule has 1 N–H and O–H groups in total. The fourth-order valence-corrected chi connectivity index (χ4v) is 1.64. The molecule has 84 valence electrons. The molecule has 0 radical (unpaired) electrons. The van der Waals surface area contributed by atoms with Gasteiger partial charge in [0.25, 0.3) is 0 Å². The summed E-state index contributed by atoms with van der Waals surface area (Å²) in [5.74, 6) is 1.12. The Labute approximate surface area is 92.2 Å². The van der Waals surface area contributed by atoms with Gasteiger partial charge < -0.3 is 9.88 Å². The number of hydrogen-bond donors (Lipinski definition) is 1. The van der Waals surface area contributed by atoms with E-state index in [1.165, 1.54) is 0 Å². The van der Waals surface area contributed by atoms with Crippen LogP contribution in [0.15, 0.2) is 25.0 Å². The Hall–Kier alpha value is -1.09. The van der Waals surface area contributed by atoms with Crippen molar-refractivity contribution in [2.45, 2.75) is 32.2 Å². The van der Waals surface area contributed by atoms with Gasteiger partial charge in [-0.2, -0.15) is 0 Å². The maximum Gasteiger partial charge on any atom is 0.125 e. The molecular weight excluding hydrogens is 186 g/mol. The number of hydrogen-bond acceptors (Lipinski definition) is 2. The van der Waals surface area contributed by atoms with E-state index in [-0.39, 0.29) is 0 Å². The Morgan fingerprint density at radius 2 is 2.47 bits per heavy atom. The van der Waals surface area contributed by atoms with Crippen molar-refractivity contribution in [1.29, 1.82) is 0 Å². The summed E-state index contributed by atoms with van der Waals surface area (Å²) in [5.41, 5.74) is 0. The lowest BCUT2D eigenvalue weighted by molar-refractivity contribution is 0.469. The lowest BCUT2D eigenvalue weighted by Crippen LogP contribution is -2.24. The van der Waals surface area contributed by atoms with E-state index in [4.69, 9.17) is 0 Å². The van der Waals surface area contributed by atoms with E-state index in [2.05, 4.69) is 28.4 Å². The van der Waals surface area contributed by atoms with Crippen molar-refractivity contribution in [3.05, 3.63) is 30.9 Å². The minimum atomic E-state index is 0.350. The summed E-state index contributed by atoms with van der Waals surface area (Å²) in [7, 11) is 2.04. The molecule has 1 heterocycles. The normalized spacial score (nSPS) is 12.7. The number of rotatable bonds is 7. The van der Waals surface area contributed by atoms with Crippen LogP contribution >= 0.6 is 0 Å². The second kappa shape index (κ2) is 6.40. The first-order chi connectivity index (χ1) is 7.29. The van der Waals surface area contributed by atoms with Crippen molar-refractivity contribution in [3.63, 3.8) is 0 Å². The van der Waals surface area contributed by atoms with Crippen molar-refractivity contribution in [3.8, 4) is 0 Å². The predicted octanol–water partition coefficient (Wildman–Crippen LogP) is 2.43. The first-order valence-corrected chi connectivity index (χ1v) is 5.61. The molecule has 0 aliphatic rings. The number of imidazole rings is 1. The fourth-order valence-electron chi connectivity index (χ4n) is 1.64. The third-order valence-corrected chi connectivity index (χ3v) is 2.47. The Bertz CT molecular complexity index is 291. The van der Waals surface area contributed by atoms with Gasteiger partial charge in [0, 0.05) is 19.4 Å². The predicted molar refractivity (Wildman–Crippen MR) is 63.7 cm³/mol. The highest BCUT2D eigenvalue weighted by Crippen LogP contribution is 2.16. The van der Waals surface area contributed by atoms with Crippen molar-refractivity contribution in [2.75, 3.05) is 6.54 Å². The van der Waals surface area contributed by atoms with Gasteiger partial charge in [0.15, 0.2) is 0 Å². The van der Waals surface area contributed by atoms with E-state index in [0.717, 1.165) is 31.6 Å². The van der Waals surface area contributed by atoms with Gasteiger partial charge >= 0.3 is 0 Å². The van der Waals surface area contributed by atoms with Gasteiger partial charge in [0.1, 0.15) is 5.82 Å². The van der Waals surface area contributed by atoms with Crippen molar-refractivity contribution < 1.29 is 0 Å². The first-order valence-electron chi connectivity index (χ1n) is 5.61. The van der Waals surface area contributed by atoms with E-state index >= 15 is 0 Å². The second-order valence-corrected chi connectivity index (χ2v) is 3.77. The summed E-state index contributed by atoms with van der Waals surface area (Å²) in [6.45, 7) is 6.97. The van der Waals surface area contributed by atoms with Crippen molar-refractivity contribution in [1.82, 2.24) is 14.9 Å². The molecule has 1 aromatic rings. The smallest absolute Gasteiger partial charge is 0.125 e. The van der Waals surface area contributed by atoms with Crippen molar-refractivity contribution in [2.24, 2.45) is 7.05 Å². The van der Waals surface area contributed by atoms with E-state index < -0.39 is 0 Å². The molecule has 1 aromatic heterocycles. The zero-order valence-corrected chi connectivity index (χ0v) is 9.74. The minimum Gasteiger partial charge on any atom is -0.337 e. The number of aromatic nitrogens is 2. The highest BCUT2D eigenvalue weighted by Gasteiger charge is 2.13. The maximum atomic E-state index is 4.39. The highest BCUT2D eigenvalue weighted by atomic mass is 15.1. The SMILES string of the molecule is C=CCCC(NCCC)c1nccn1C. The van der Waals surface area contributed by atoms with Gasteiger partial charge in [-0.15, -0.1) is 6.58 Å². The van der Waals surface area contributed by atoms with Crippen LogP contribution in [-0.4, -0.2) is 16.1 Å². The first kappa shape index (κ1) is 12.0. The fraction of sp³-hybridized carbons (Fsp3) is 0.583. The summed E-state index contributed by atoms with van der Waals surface area (Å²) in [5, 5.41) is 3.52. The molecule has 0 spiro atoms. The molecule has 3 nitrogen and oxygen atoms in total. The van der Waals surface area contributed by atoms with Crippen LogP contribution < -0.4 is 5.32 Å². The summed E-state index contributed by atoms with van der Waals surface area (Å²) < 4.78 is 2.08. The molecule has 0 aliphatic heterocycles. The molecule has 0 amide bonds. The van der Waals surface area contributed by atoms with Gasteiger partial charge in [0.2, 0.25) is 0 Å². The quantitative estimate of drug-likeness (QED) is 0.696. The third-order valence-electron chi connectivity index (χ3n) is 2.47. The monoisotopic (exact) mass is 207 g/mol. The molecule has 1 atom stereocenters. The van der Waals surface area contributed by atoms with Crippen LogP contribution in [0.25, 0.3) is 0 Å². The van der Waals surface area contributed by atoms with E-state index in [1.807, 2.05) is 25.5 Å².